The number of aromatic nitrogens is 1. The van der Waals surface area contributed by atoms with Crippen molar-refractivity contribution in [2.45, 2.75) is 26.8 Å². The van der Waals surface area contributed by atoms with Gasteiger partial charge in [0.05, 0.1) is 49.3 Å². The van der Waals surface area contributed by atoms with Gasteiger partial charge in [0.1, 0.15) is 17.2 Å². The largest absolute Gasteiger partial charge is 0.497 e. The molecule has 0 bridgehead atoms. The number of allylic oxidation sites excluding steroid dienone is 1. The molecule has 2 aromatic carbocycles. The average molecular weight is 509 g/mol. The molecule has 0 N–H and O–H groups in total. The van der Waals surface area contributed by atoms with E-state index in [2.05, 4.69) is 4.99 Å². The normalized spacial score (nSPS) is 15.2. The number of hydrogen-bond acceptors (Lipinski definition) is 8. The van der Waals surface area contributed by atoms with Gasteiger partial charge in [0.15, 0.2) is 4.80 Å². The number of fused-ring (bicyclic) bond motifs is 1. The summed E-state index contributed by atoms with van der Waals surface area (Å²) in [6.07, 6.45) is 1.76. The lowest BCUT2D eigenvalue weighted by Crippen LogP contribution is -2.39. The summed E-state index contributed by atoms with van der Waals surface area (Å²) in [6.45, 7) is 6.17. The minimum atomic E-state index is -0.684. The van der Waals surface area contributed by atoms with Gasteiger partial charge in [0, 0.05) is 11.6 Å². The fraction of sp³-hybridized carbons (Fsp3) is 0.296. The number of nitrogens with zero attached hydrogens (tertiary/aromatic N) is 2. The van der Waals surface area contributed by atoms with Crippen LogP contribution >= 0.6 is 11.3 Å². The van der Waals surface area contributed by atoms with Crippen molar-refractivity contribution in [3.8, 4) is 17.2 Å². The number of esters is 1. The summed E-state index contributed by atoms with van der Waals surface area (Å²) in [6, 6.07) is 12.1. The summed E-state index contributed by atoms with van der Waals surface area (Å²) < 4.78 is 23.7. The molecular weight excluding hydrogens is 480 g/mol. The van der Waals surface area contributed by atoms with Crippen LogP contribution in [0.1, 0.15) is 37.9 Å². The highest BCUT2D eigenvalue weighted by Crippen LogP contribution is 2.32. The average Bonchev–Trinajstić information content (AvgIpc) is 3.18. The van der Waals surface area contributed by atoms with Crippen molar-refractivity contribution >= 4 is 23.4 Å². The molecule has 0 unspecified atom stereocenters. The summed E-state index contributed by atoms with van der Waals surface area (Å²) in [5.74, 6) is 1.43. The lowest BCUT2D eigenvalue weighted by molar-refractivity contribution is -0.139. The Morgan fingerprint density at radius 1 is 1.06 bits per heavy atom. The Hall–Kier alpha value is -3.85. The number of hydrogen-bond donors (Lipinski definition) is 0. The van der Waals surface area contributed by atoms with E-state index in [1.165, 1.54) is 11.3 Å². The van der Waals surface area contributed by atoms with Crippen LogP contribution in [-0.2, 0) is 9.53 Å². The second kappa shape index (κ2) is 10.8. The molecule has 2 heterocycles. The number of rotatable bonds is 8. The third-order valence-electron chi connectivity index (χ3n) is 5.75. The van der Waals surface area contributed by atoms with Crippen molar-refractivity contribution in [3.05, 3.63) is 84.5 Å². The van der Waals surface area contributed by atoms with Crippen LogP contribution in [0.4, 0.5) is 0 Å². The maximum Gasteiger partial charge on any atom is 0.338 e. The second-order valence-corrected chi connectivity index (χ2v) is 8.92. The van der Waals surface area contributed by atoms with Crippen molar-refractivity contribution in [1.29, 1.82) is 0 Å². The molecule has 0 amide bonds. The Labute approximate surface area is 212 Å². The molecule has 0 fully saturated rings. The van der Waals surface area contributed by atoms with Crippen LogP contribution in [0.25, 0.3) is 6.08 Å². The number of benzene rings is 2. The van der Waals surface area contributed by atoms with Crippen LogP contribution in [0.15, 0.2) is 63.5 Å². The fourth-order valence-corrected chi connectivity index (χ4v) is 5.14. The van der Waals surface area contributed by atoms with E-state index < -0.39 is 12.0 Å². The molecule has 1 aromatic heterocycles. The van der Waals surface area contributed by atoms with Crippen molar-refractivity contribution < 1.29 is 23.7 Å². The molecule has 0 saturated heterocycles. The van der Waals surface area contributed by atoms with Crippen molar-refractivity contribution in [3.63, 3.8) is 0 Å². The molecule has 9 heteroatoms. The van der Waals surface area contributed by atoms with E-state index in [1.54, 1.807) is 50.8 Å². The standard InChI is InChI=1S/C27H28N2O6S/c1-6-34-19-11-8-17(9-12-19)24-23(26(31)35-7-2)16(3)28-27-29(24)25(30)22(36-27)14-18-10-13-20(32-4)15-21(18)33-5/h8-15,24H,6-7H2,1-5H3/b22-14-/t24-/m1/s1. The van der Waals surface area contributed by atoms with Gasteiger partial charge >= 0.3 is 5.97 Å². The molecule has 1 aliphatic heterocycles. The molecule has 1 atom stereocenters. The molecule has 0 aliphatic carbocycles. The minimum Gasteiger partial charge on any atom is -0.497 e. The number of carbonyl (C=O) groups is 1. The smallest absolute Gasteiger partial charge is 0.338 e. The first kappa shape index (κ1) is 25.2. The molecule has 0 spiro atoms. The molecule has 3 aromatic rings. The third kappa shape index (κ3) is 4.79. The number of ether oxygens (including phenoxy) is 4. The van der Waals surface area contributed by atoms with Gasteiger partial charge in [0.2, 0.25) is 0 Å². The van der Waals surface area contributed by atoms with Gasteiger partial charge < -0.3 is 18.9 Å². The van der Waals surface area contributed by atoms with Gasteiger partial charge in [-0.2, -0.15) is 0 Å². The Morgan fingerprint density at radius 3 is 2.42 bits per heavy atom. The molecule has 0 saturated carbocycles. The Kier molecular flexibility index (Phi) is 7.59. The quantitative estimate of drug-likeness (QED) is 0.434. The first-order chi connectivity index (χ1) is 17.4. The fourth-order valence-electron chi connectivity index (χ4n) is 4.10. The SMILES string of the molecule is CCOC(=O)C1=C(C)N=c2s/c(=C\c3ccc(OC)cc3OC)c(=O)n2[C@@H]1c1ccc(OCC)cc1. The van der Waals surface area contributed by atoms with Gasteiger partial charge in [-0.1, -0.05) is 23.5 Å². The topological polar surface area (TPSA) is 88.4 Å². The van der Waals surface area contributed by atoms with E-state index >= 15 is 0 Å². The van der Waals surface area contributed by atoms with Gasteiger partial charge in [-0.3, -0.25) is 9.36 Å². The Bertz CT molecular complexity index is 1480. The lowest BCUT2D eigenvalue weighted by Gasteiger charge is -2.24. The Morgan fingerprint density at radius 2 is 1.78 bits per heavy atom. The van der Waals surface area contributed by atoms with Crippen molar-refractivity contribution in [2.24, 2.45) is 4.99 Å². The van der Waals surface area contributed by atoms with Gasteiger partial charge in [-0.15, -0.1) is 0 Å². The van der Waals surface area contributed by atoms with Gasteiger partial charge in [-0.05, 0) is 56.7 Å². The molecule has 36 heavy (non-hydrogen) atoms. The van der Waals surface area contributed by atoms with E-state index in [1.807, 2.05) is 37.3 Å². The van der Waals surface area contributed by atoms with E-state index in [-0.39, 0.29) is 12.2 Å². The second-order valence-electron chi connectivity index (χ2n) is 7.91. The van der Waals surface area contributed by atoms with E-state index in [0.29, 0.717) is 44.5 Å². The summed E-state index contributed by atoms with van der Waals surface area (Å²) in [4.78, 5) is 31.9. The van der Waals surface area contributed by atoms with Crippen LogP contribution < -0.4 is 29.1 Å². The van der Waals surface area contributed by atoms with Crippen LogP contribution in [0, 0.1) is 0 Å². The number of carbonyl (C=O) groups excluding carboxylic acids is 1. The predicted molar refractivity (Wildman–Crippen MR) is 138 cm³/mol. The zero-order valence-electron chi connectivity index (χ0n) is 20.9. The van der Waals surface area contributed by atoms with E-state index in [4.69, 9.17) is 18.9 Å². The van der Waals surface area contributed by atoms with Gasteiger partial charge in [-0.25, -0.2) is 9.79 Å². The van der Waals surface area contributed by atoms with E-state index in [0.717, 1.165) is 11.1 Å². The first-order valence-corrected chi connectivity index (χ1v) is 12.4. The van der Waals surface area contributed by atoms with E-state index in [9.17, 15) is 9.59 Å². The number of thiazole rings is 1. The summed E-state index contributed by atoms with van der Waals surface area (Å²) in [5.41, 5.74) is 2.07. The molecule has 0 radical (unpaired) electrons. The molecule has 4 rings (SSSR count). The van der Waals surface area contributed by atoms with Crippen molar-refractivity contribution in [1.82, 2.24) is 4.57 Å². The zero-order valence-corrected chi connectivity index (χ0v) is 21.7. The maximum absolute atomic E-state index is 13.7. The highest BCUT2D eigenvalue weighted by Gasteiger charge is 2.33. The molecule has 8 nitrogen and oxygen atoms in total. The summed E-state index contributed by atoms with van der Waals surface area (Å²) in [7, 11) is 3.14. The lowest BCUT2D eigenvalue weighted by atomic mass is 9.96. The molecule has 1 aliphatic rings. The van der Waals surface area contributed by atoms with Crippen LogP contribution in [0.2, 0.25) is 0 Å². The zero-order chi connectivity index (χ0) is 25.8. The van der Waals surface area contributed by atoms with Crippen molar-refractivity contribution in [2.75, 3.05) is 27.4 Å². The summed E-state index contributed by atoms with van der Waals surface area (Å²) >= 11 is 1.26. The summed E-state index contributed by atoms with van der Waals surface area (Å²) in [5, 5.41) is 0. The first-order valence-electron chi connectivity index (χ1n) is 11.6. The number of methoxy groups -OCH3 is 2. The molecule has 188 valence electrons. The highest BCUT2D eigenvalue weighted by atomic mass is 32.1. The monoisotopic (exact) mass is 508 g/mol. The third-order valence-corrected chi connectivity index (χ3v) is 6.73. The van der Waals surface area contributed by atoms with Gasteiger partial charge in [0.25, 0.3) is 5.56 Å². The molecular formula is C27H28N2O6S. The maximum atomic E-state index is 13.7. The van der Waals surface area contributed by atoms with Crippen LogP contribution in [0.5, 0.6) is 17.2 Å². The predicted octanol–water partition coefficient (Wildman–Crippen LogP) is 3.21. The van der Waals surface area contributed by atoms with Crippen LogP contribution in [0.3, 0.4) is 0 Å². The Balaban J connectivity index is 1.91. The highest BCUT2D eigenvalue weighted by molar-refractivity contribution is 7.07. The minimum absolute atomic E-state index is 0.216. The van der Waals surface area contributed by atoms with Crippen LogP contribution in [-0.4, -0.2) is 38.0 Å².